The van der Waals surface area contributed by atoms with Gasteiger partial charge in [-0.3, -0.25) is 4.98 Å². The molecule has 1 fully saturated rings. The van der Waals surface area contributed by atoms with Gasteiger partial charge in [0.1, 0.15) is 0 Å². The molecule has 1 aliphatic rings. The number of hydrogen-bond acceptors (Lipinski definition) is 3. The predicted octanol–water partition coefficient (Wildman–Crippen LogP) is 2.50. The highest BCUT2D eigenvalue weighted by Gasteiger charge is 2.25. The van der Waals surface area contributed by atoms with Crippen LogP contribution in [-0.4, -0.2) is 29.1 Å². The molecule has 1 N–H and O–H groups in total. The standard InChI is InChI=1S/C13H20N2S/c1-16-13-7-4-6-12(13)15-10-8-11-5-2-3-9-14-11/h2-3,5,9,12-13,15H,4,6-8,10H2,1H3. The van der Waals surface area contributed by atoms with Crippen molar-refractivity contribution in [3.63, 3.8) is 0 Å². The van der Waals surface area contributed by atoms with Gasteiger partial charge in [-0.1, -0.05) is 12.5 Å². The molecule has 0 spiro atoms. The lowest BCUT2D eigenvalue weighted by molar-refractivity contribution is 0.534. The molecule has 16 heavy (non-hydrogen) atoms. The topological polar surface area (TPSA) is 24.9 Å². The van der Waals surface area contributed by atoms with Gasteiger partial charge in [0, 0.05) is 36.1 Å². The zero-order valence-electron chi connectivity index (χ0n) is 9.86. The Morgan fingerprint density at radius 2 is 2.38 bits per heavy atom. The van der Waals surface area contributed by atoms with Crippen LogP contribution in [0.1, 0.15) is 25.0 Å². The lowest BCUT2D eigenvalue weighted by atomic mass is 10.2. The van der Waals surface area contributed by atoms with Gasteiger partial charge in [0.05, 0.1) is 0 Å². The van der Waals surface area contributed by atoms with E-state index in [1.807, 2.05) is 24.0 Å². The summed E-state index contributed by atoms with van der Waals surface area (Å²) in [4.78, 5) is 4.34. The van der Waals surface area contributed by atoms with E-state index in [1.54, 1.807) is 0 Å². The maximum absolute atomic E-state index is 4.34. The number of nitrogens with one attached hydrogen (secondary N) is 1. The first-order valence-electron chi connectivity index (χ1n) is 6.06. The molecule has 2 unspecified atom stereocenters. The highest BCUT2D eigenvalue weighted by Crippen LogP contribution is 2.28. The van der Waals surface area contributed by atoms with Gasteiger partial charge in [-0.2, -0.15) is 11.8 Å². The molecule has 1 heterocycles. The minimum absolute atomic E-state index is 0.721. The van der Waals surface area contributed by atoms with E-state index in [4.69, 9.17) is 0 Å². The van der Waals surface area contributed by atoms with Crippen LogP contribution in [0.2, 0.25) is 0 Å². The molecule has 0 aromatic carbocycles. The second-order valence-corrected chi connectivity index (χ2v) is 5.41. The van der Waals surface area contributed by atoms with E-state index in [-0.39, 0.29) is 0 Å². The zero-order valence-corrected chi connectivity index (χ0v) is 10.7. The van der Waals surface area contributed by atoms with Crippen molar-refractivity contribution < 1.29 is 0 Å². The number of rotatable bonds is 5. The smallest absolute Gasteiger partial charge is 0.0416 e. The lowest BCUT2D eigenvalue weighted by Gasteiger charge is -2.18. The SMILES string of the molecule is CSC1CCCC1NCCc1ccccn1. The van der Waals surface area contributed by atoms with Crippen LogP contribution >= 0.6 is 11.8 Å². The number of nitrogens with zero attached hydrogens (tertiary/aromatic N) is 1. The van der Waals surface area contributed by atoms with Gasteiger partial charge in [0.2, 0.25) is 0 Å². The van der Waals surface area contributed by atoms with E-state index in [1.165, 1.54) is 25.0 Å². The summed E-state index contributed by atoms with van der Waals surface area (Å²) >= 11 is 2.01. The number of aromatic nitrogens is 1. The summed E-state index contributed by atoms with van der Waals surface area (Å²) in [5, 5.41) is 4.49. The van der Waals surface area contributed by atoms with Crippen LogP contribution in [0.15, 0.2) is 24.4 Å². The first-order valence-corrected chi connectivity index (χ1v) is 7.35. The number of hydrogen-bond donors (Lipinski definition) is 1. The molecule has 3 heteroatoms. The van der Waals surface area contributed by atoms with E-state index in [2.05, 4.69) is 28.7 Å². The minimum Gasteiger partial charge on any atom is -0.312 e. The molecule has 1 aromatic heterocycles. The molecular formula is C13H20N2S. The van der Waals surface area contributed by atoms with Gasteiger partial charge >= 0.3 is 0 Å². The fourth-order valence-electron chi connectivity index (χ4n) is 2.37. The third-order valence-electron chi connectivity index (χ3n) is 3.27. The molecule has 2 atom stereocenters. The highest BCUT2D eigenvalue weighted by atomic mass is 32.2. The first-order chi connectivity index (χ1) is 7.90. The fourth-order valence-corrected chi connectivity index (χ4v) is 3.34. The normalized spacial score (nSPS) is 24.8. The molecule has 88 valence electrons. The molecule has 1 saturated carbocycles. The van der Waals surface area contributed by atoms with Crippen LogP contribution in [0.5, 0.6) is 0 Å². The monoisotopic (exact) mass is 236 g/mol. The molecular weight excluding hydrogens is 216 g/mol. The summed E-state index contributed by atoms with van der Waals surface area (Å²) in [6.45, 7) is 1.05. The van der Waals surface area contributed by atoms with Crippen LogP contribution < -0.4 is 5.32 Å². The van der Waals surface area contributed by atoms with E-state index < -0.39 is 0 Å². The average molecular weight is 236 g/mol. The second kappa shape index (κ2) is 6.26. The van der Waals surface area contributed by atoms with Crippen molar-refractivity contribution in [2.24, 2.45) is 0 Å². The molecule has 0 amide bonds. The number of pyridine rings is 1. The van der Waals surface area contributed by atoms with Gasteiger partial charge in [-0.05, 0) is 31.2 Å². The Balaban J connectivity index is 1.72. The largest absolute Gasteiger partial charge is 0.312 e. The molecule has 0 aliphatic heterocycles. The van der Waals surface area contributed by atoms with E-state index >= 15 is 0 Å². The van der Waals surface area contributed by atoms with Crippen molar-refractivity contribution in [3.05, 3.63) is 30.1 Å². The Kier molecular flexibility index (Phi) is 4.67. The van der Waals surface area contributed by atoms with Gasteiger partial charge in [0.15, 0.2) is 0 Å². The van der Waals surface area contributed by atoms with Gasteiger partial charge in [-0.25, -0.2) is 0 Å². The molecule has 1 aromatic rings. The fraction of sp³-hybridized carbons (Fsp3) is 0.615. The van der Waals surface area contributed by atoms with Gasteiger partial charge in [-0.15, -0.1) is 0 Å². The van der Waals surface area contributed by atoms with Crippen LogP contribution in [0.25, 0.3) is 0 Å². The maximum atomic E-state index is 4.34. The third kappa shape index (κ3) is 3.22. The molecule has 0 radical (unpaired) electrons. The molecule has 2 rings (SSSR count). The Labute approximate surface area is 102 Å². The summed E-state index contributed by atoms with van der Waals surface area (Å²) in [6.07, 6.45) is 9.24. The first kappa shape index (κ1) is 11.9. The van der Waals surface area contributed by atoms with E-state index in [0.29, 0.717) is 0 Å². The Morgan fingerprint density at radius 3 is 3.12 bits per heavy atom. The van der Waals surface area contributed by atoms with Crippen molar-refractivity contribution in [2.75, 3.05) is 12.8 Å². The summed E-state index contributed by atoms with van der Waals surface area (Å²) in [7, 11) is 0. The predicted molar refractivity (Wildman–Crippen MR) is 70.9 cm³/mol. The zero-order chi connectivity index (χ0) is 11.2. The van der Waals surface area contributed by atoms with E-state index in [0.717, 1.165) is 24.3 Å². The molecule has 2 nitrogen and oxygen atoms in total. The maximum Gasteiger partial charge on any atom is 0.0416 e. The third-order valence-corrected chi connectivity index (χ3v) is 4.44. The van der Waals surface area contributed by atoms with Crippen LogP contribution in [0.4, 0.5) is 0 Å². The lowest BCUT2D eigenvalue weighted by Crippen LogP contribution is -2.35. The van der Waals surface area contributed by atoms with Crippen molar-refractivity contribution >= 4 is 11.8 Å². The van der Waals surface area contributed by atoms with Crippen LogP contribution in [-0.2, 0) is 6.42 Å². The van der Waals surface area contributed by atoms with Crippen molar-refractivity contribution in [3.8, 4) is 0 Å². The van der Waals surface area contributed by atoms with Gasteiger partial charge in [0.25, 0.3) is 0 Å². The Bertz CT molecular complexity index is 302. The summed E-state index contributed by atoms with van der Waals surface area (Å²) in [5.41, 5.74) is 1.19. The average Bonchev–Trinajstić information content (AvgIpc) is 2.78. The van der Waals surface area contributed by atoms with Crippen molar-refractivity contribution in [2.45, 2.75) is 37.0 Å². The highest BCUT2D eigenvalue weighted by molar-refractivity contribution is 7.99. The quantitative estimate of drug-likeness (QED) is 0.850. The second-order valence-electron chi connectivity index (χ2n) is 4.34. The molecule has 0 bridgehead atoms. The van der Waals surface area contributed by atoms with Crippen LogP contribution in [0, 0.1) is 0 Å². The van der Waals surface area contributed by atoms with Crippen molar-refractivity contribution in [1.29, 1.82) is 0 Å². The van der Waals surface area contributed by atoms with Crippen molar-refractivity contribution in [1.82, 2.24) is 10.3 Å². The number of thioether (sulfide) groups is 1. The Hall–Kier alpha value is -0.540. The Morgan fingerprint density at radius 1 is 1.44 bits per heavy atom. The molecule has 1 aliphatic carbocycles. The minimum atomic E-state index is 0.721. The summed E-state index contributed by atoms with van der Waals surface area (Å²) in [5.74, 6) is 0. The van der Waals surface area contributed by atoms with E-state index in [9.17, 15) is 0 Å². The molecule has 0 saturated heterocycles. The van der Waals surface area contributed by atoms with Crippen LogP contribution in [0.3, 0.4) is 0 Å². The van der Waals surface area contributed by atoms with Gasteiger partial charge < -0.3 is 5.32 Å². The summed E-state index contributed by atoms with van der Waals surface area (Å²) < 4.78 is 0. The summed E-state index contributed by atoms with van der Waals surface area (Å²) in [6, 6.07) is 6.85.